The topological polar surface area (TPSA) is 56.7 Å². The third-order valence-corrected chi connectivity index (χ3v) is 5.51. The summed E-state index contributed by atoms with van der Waals surface area (Å²) in [7, 11) is 1.84. The number of rotatable bonds is 5. The Morgan fingerprint density at radius 3 is 2.52 bits per heavy atom. The van der Waals surface area contributed by atoms with Crippen LogP contribution in [0.3, 0.4) is 0 Å². The van der Waals surface area contributed by atoms with E-state index in [2.05, 4.69) is 48.5 Å². The molecule has 0 aliphatic carbocycles. The van der Waals surface area contributed by atoms with Crippen LogP contribution in [-0.4, -0.2) is 60.0 Å². The number of guanidine groups is 1. The van der Waals surface area contributed by atoms with Crippen molar-refractivity contribution in [3.8, 4) is 0 Å². The summed E-state index contributed by atoms with van der Waals surface area (Å²) >= 11 is 7.43. The van der Waals surface area contributed by atoms with Crippen LogP contribution in [0.5, 0.6) is 0 Å². The molecule has 3 rings (SSSR count). The van der Waals surface area contributed by atoms with Gasteiger partial charge in [-0.1, -0.05) is 30.7 Å². The Kier molecular flexibility index (Phi) is 9.04. The van der Waals surface area contributed by atoms with Crippen molar-refractivity contribution in [3.63, 3.8) is 0 Å². The molecule has 9 heteroatoms. The van der Waals surface area contributed by atoms with Gasteiger partial charge in [-0.3, -0.25) is 4.99 Å². The lowest BCUT2D eigenvalue weighted by atomic mass is 10.1. The fourth-order valence-electron chi connectivity index (χ4n) is 2.93. The molecule has 1 aliphatic rings. The molecule has 2 heterocycles. The highest BCUT2D eigenvalue weighted by Crippen LogP contribution is 2.19. The number of aryl methyl sites for hydroxylation is 1. The van der Waals surface area contributed by atoms with Crippen LogP contribution >= 0.6 is 47.1 Å². The van der Waals surface area contributed by atoms with Crippen molar-refractivity contribution in [2.45, 2.75) is 19.8 Å². The lowest BCUT2D eigenvalue weighted by Gasteiger charge is -2.36. The van der Waals surface area contributed by atoms with E-state index in [1.807, 2.05) is 19.2 Å². The number of nitrogens with one attached hydrogen (secondary N) is 1. The number of hydrogen-bond acceptors (Lipinski definition) is 5. The molecule has 27 heavy (non-hydrogen) atoms. The molecule has 6 nitrogen and oxygen atoms in total. The second kappa shape index (κ2) is 11.0. The highest BCUT2D eigenvalue weighted by atomic mass is 127. The Bertz CT molecular complexity index is 728. The van der Waals surface area contributed by atoms with Crippen molar-refractivity contribution < 1.29 is 0 Å². The molecule has 1 aromatic carbocycles. The van der Waals surface area contributed by atoms with Crippen molar-refractivity contribution in [3.05, 3.63) is 40.7 Å². The first kappa shape index (κ1) is 22.2. The van der Waals surface area contributed by atoms with Gasteiger partial charge in [0.05, 0.1) is 0 Å². The monoisotopic (exact) mass is 520 g/mol. The summed E-state index contributed by atoms with van der Waals surface area (Å²) in [6, 6.07) is 8.00. The number of nitrogens with zero attached hydrogens (tertiary/aromatic N) is 5. The van der Waals surface area contributed by atoms with Gasteiger partial charge in [0.15, 0.2) is 5.96 Å². The Labute approximate surface area is 187 Å². The van der Waals surface area contributed by atoms with Crippen LogP contribution in [0.25, 0.3) is 0 Å². The predicted molar refractivity (Wildman–Crippen MR) is 125 cm³/mol. The largest absolute Gasteiger partial charge is 0.356 e. The SMILES string of the molecule is CCc1nsc(N2CCN(C(=NC)NCCc3ccc(Cl)cc3)CC2)n1.I. The third kappa shape index (κ3) is 6.18. The van der Waals surface area contributed by atoms with Gasteiger partial charge in [-0.15, -0.1) is 24.0 Å². The summed E-state index contributed by atoms with van der Waals surface area (Å²) < 4.78 is 4.39. The number of aromatic nitrogens is 2. The standard InChI is InChI=1S/C18H25ClN6S.HI/c1-3-16-22-18(26-23-16)25-12-10-24(11-13-25)17(20-2)21-9-8-14-4-6-15(19)7-5-14;/h4-7H,3,8-13H2,1-2H3,(H,20,21);1H. The summed E-state index contributed by atoms with van der Waals surface area (Å²) in [5, 5.41) is 5.28. The molecule has 1 aromatic heterocycles. The summed E-state index contributed by atoms with van der Waals surface area (Å²) in [6.45, 7) is 6.68. The maximum absolute atomic E-state index is 5.93. The summed E-state index contributed by atoms with van der Waals surface area (Å²) in [5.41, 5.74) is 1.27. The van der Waals surface area contributed by atoms with Gasteiger partial charge in [-0.25, -0.2) is 4.98 Å². The zero-order chi connectivity index (χ0) is 18.4. The van der Waals surface area contributed by atoms with Crippen LogP contribution in [-0.2, 0) is 12.8 Å². The lowest BCUT2D eigenvalue weighted by molar-refractivity contribution is 0.372. The number of halogens is 2. The molecular weight excluding hydrogens is 495 g/mol. The molecule has 1 N–H and O–H groups in total. The molecule has 0 spiro atoms. The van der Waals surface area contributed by atoms with Crippen LogP contribution in [0.2, 0.25) is 5.02 Å². The smallest absolute Gasteiger partial charge is 0.205 e. The van der Waals surface area contributed by atoms with Crippen LogP contribution < -0.4 is 10.2 Å². The number of piperazine rings is 1. The first-order chi connectivity index (χ1) is 12.7. The van der Waals surface area contributed by atoms with Crippen LogP contribution in [0.4, 0.5) is 5.13 Å². The zero-order valence-corrected chi connectivity index (χ0v) is 19.6. The van der Waals surface area contributed by atoms with Gasteiger partial charge in [0, 0.05) is 62.7 Å². The minimum atomic E-state index is 0. The van der Waals surface area contributed by atoms with Gasteiger partial charge < -0.3 is 15.1 Å². The van der Waals surface area contributed by atoms with Crippen LogP contribution in [0, 0.1) is 0 Å². The molecule has 0 atom stereocenters. The van der Waals surface area contributed by atoms with Crippen molar-refractivity contribution >= 4 is 58.2 Å². The number of hydrogen-bond donors (Lipinski definition) is 1. The fourth-order valence-corrected chi connectivity index (χ4v) is 3.86. The molecule has 0 amide bonds. The minimum absolute atomic E-state index is 0. The van der Waals surface area contributed by atoms with Crippen LogP contribution in [0.1, 0.15) is 18.3 Å². The van der Waals surface area contributed by atoms with Crippen molar-refractivity contribution in [2.75, 3.05) is 44.7 Å². The van der Waals surface area contributed by atoms with E-state index in [0.29, 0.717) is 0 Å². The molecule has 1 saturated heterocycles. The van der Waals surface area contributed by atoms with Gasteiger partial charge in [0.1, 0.15) is 5.82 Å². The average Bonchev–Trinajstić information content (AvgIpc) is 3.16. The van der Waals surface area contributed by atoms with E-state index in [-0.39, 0.29) is 24.0 Å². The van der Waals surface area contributed by atoms with E-state index in [0.717, 1.165) is 67.5 Å². The molecule has 0 saturated carbocycles. The highest BCUT2D eigenvalue weighted by Gasteiger charge is 2.21. The van der Waals surface area contributed by atoms with Crippen molar-refractivity contribution in [1.82, 2.24) is 19.6 Å². The second-order valence-corrected chi connectivity index (χ2v) is 7.34. The summed E-state index contributed by atoms with van der Waals surface area (Å²) in [6.07, 6.45) is 1.83. The van der Waals surface area contributed by atoms with Crippen molar-refractivity contribution in [1.29, 1.82) is 0 Å². The van der Waals surface area contributed by atoms with E-state index < -0.39 is 0 Å². The van der Waals surface area contributed by atoms with E-state index in [1.54, 1.807) is 0 Å². The van der Waals surface area contributed by atoms with E-state index in [1.165, 1.54) is 17.1 Å². The van der Waals surface area contributed by atoms with Gasteiger partial charge in [-0.2, -0.15) is 4.37 Å². The fraction of sp³-hybridized carbons (Fsp3) is 0.500. The predicted octanol–water partition coefficient (Wildman–Crippen LogP) is 3.31. The second-order valence-electron chi connectivity index (χ2n) is 6.17. The summed E-state index contributed by atoms with van der Waals surface area (Å²) in [4.78, 5) is 13.6. The highest BCUT2D eigenvalue weighted by molar-refractivity contribution is 14.0. The molecule has 1 aliphatic heterocycles. The summed E-state index contributed by atoms with van der Waals surface area (Å²) in [5.74, 6) is 1.90. The quantitative estimate of drug-likeness (QED) is 0.372. The number of aliphatic imine (C=N–C) groups is 1. The third-order valence-electron chi connectivity index (χ3n) is 4.45. The van der Waals surface area contributed by atoms with E-state index in [9.17, 15) is 0 Å². The average molecular weight is 521 g/mol. The Hall–Kier alpha value is -1.13. The molecule has 0 unspecified atom stereocenters. The lowest BCUT2D eigenvalue weighted by Crippen LogP contribution is -2.52. The Morgan fingerprint density at radius 1 is 1.22 bits per heavy atom. The minimum Gasteiger partial charge on any atom is -0.356 e. The van der Waals surface area contributed by atoms with Crippen LogP contribution in [0.15, 0.2) is 29.3 Å². The molecule has 2 aromatic rings. The molecule has 148 valence electrons. The van der Waals surface area contributed by atoms with E-state index in [4.69, 9.17) is 11.6 Å². The van der Waals surface area contributed by atoms with E-state index >= 15 is 0 Å². The van der Waals surface area contributed by atoms with Crippen molar-refractivity contribution in [2.24, 2.45) is 4.99 Å². The Morgan fingerprint density at radius 2 is 1.93 bits per heavy atom. The molecule has 0 bridgehead atoms. The Balaban J connectivity index is 0.00000261. The van der Waals surface area contributed by atoms with Gasteiger partial charge in [0.2, 0.25) is 5.13 Å². The number of benzene rings is 1. The molecular formula is C18H26ClIN6S. The molecule has 1 fully saturated rings. The van der Waals surface area contributed by atoms with Gasteiger partial charge in [-0.05, 0) is 24.1 Å². The molecule has 0 radical (unpaired) electrons. The maximum Gasteiger partial charge on any atom is 0.205 e. The van der Waals surface area contributed by atoms with Gasteiger partial charge in [0.25, 0.3) is 0 Å². The van der Waals surface area contributed by atoms with Gasteiger partial charge >= 0.3 is 0 Å². The number of anilines is 1. The zero-order valence-electron chi connectivity index (χ0n) is 15.7. The first-order valence-electron chi connectivity index (χ1n) is 8.97. The first-order valence-corrected chi connectivity index (χ1v) is 10.1. The normalized spacial score (nSPS) is 14.9. The maximum atomic E-state index is 5.93.